The van der Waals surface area contributed by atoms with Crippen molar-refractivity contribution in [2.24, 2.45) is 0 Å². The Morgan fingerprint density at radius 1 is 1.55 bits per heavy atom. The lowest BCUT2D eigenvalue weighted by molar-refractivity contribution is 0.0915. The Morgan fingerprint density at radius 3 is 3.00 bits per heavy atom. The van der Waals surface area contributed by atoms with Crippen molar-refractivity contribution < 1.29 is 9.90 Å². The van der Waals surface area contributed by atoms with Gasteiger partial charge in [0, 0.05) is 10.7 Å². The van der Waals surface area contributed by atoms with E-state index < -0.39 is 0 Å². The van der Waals surface area contributed by atoms with Gasteiger partial charge in [-0.15, -0.1) is 0 Å². The summed E-state index contributed by atoms with van der Waals surface area (Å²) >= 11 is 3.40. The van der Waals surface area contributed by atoms with Crippen molar-refractivity contribution in [1.82, 2.24) is 15.1 Å². The van der Waals surface area contributed by atoms with Gasteiger partial charge < -0.3 is 10.4 Å². The Labute approximate surface area is 125 Å². The number of aromatic nitrogens is 2. The number of nitrogens with zero attached hydrogens (tertiary/aromatic N) is 2. The van der Waals surface area contributed by atoms with Gasteiger partial charge in [0.2, 0.25) is 0 Å². The molecule has 2 rings (SSSR count). The van der Waals surface area contributed by atoms with Crippen LogP contribution in [0.2, 0.25) is 0 Å². The monoisotopic (exact) mass is 337 g/mol. The number of halogens is 1. The smallest absolute Gasteiger partial charge is 0.254 e. The molecule has 0 spiro atoms. The first-order valence-corrected chi connectivity index (χ1v) is 7.15. The zero-order valence-electron chi connectivity index (χ0n) is 11.1. The Kier molecular flexibility index (Phi) is 4.92. The molecule has 0 bridgehead atoms. The van der Waals surface area contributed by atoms with Gasteiger partial charge in [-0.1, -0.05) is 28.9 Å². The summed E-state index contributed by atoms with van der Waals surface area (Å²) in [7, 11) is 0. The molecule has 106 valence electrons. The molecule has 1 aromatic heterocycles. The lowest BCUT2D eigenvalue weighted by Gasteiger charge is -2.12. The van der Waals surface area contributed by atoms with Crippen LogP contribution in [0.5, 0.6) is 0 Å². The van der Waals surface area contributed by atoms with Crippen molar-refractivity contribution in [2.45, 2.75) is 19.4 Å². The van der Waals surface area contributed by atoms with Gasteiger partial charge in [-0.2, -0.15) is 5.10 Å². The van der Waals surface area contributed by atoms with Crippen molar-refractivity contribution in [3.05, 3.63) is 46.7 Å². The van der Waals surface area contributed by atoms with E-state index in [2.05, 4.69) is 26.3 Å². The predicted molar refractivity (Wildman–Crippen MR) is 79.9 cm³/mol. The molecule has 2 N–H and O–H groups in total. The maximum absolute atomic E-state index is 12.0. The van der Waals surface area contributed by atoms with Crippen LogP contribution in [0.4, 0.5) is 0 Å². The first kappa shape index (κ1) is 14.7. The molecule has 1 atom stereocenters. The van der Waals surface area contributed by atoms with Gasteiger partial charge in [-0.3, -0.25) is 4.79 Å². The van der Waals surface area contributed by atoms with Crippen LogP contribution in [-0.2, 0) is 0 Å². The van der Waals surface area contributed by atoms with Gasteiger partial charge >= 0.3 is 0 Å². The molecular formula is C14H16BrN3O2. The van der Waals surface area contributed by atoms with E-state index in [1.54, 1.807) is 10.9 Å². The predicted octanol–water partition coefficient (Wildman–Crippen LogP) is 2.14. The number of hydrogen-bond acceptors (Lipinski definition) is 3. The number of aliphatic hydroxyl groups is 1. The molecule has 1 unspecified atom stereocenters. The van der Waals surface area contributed by atoms with Crippen LogP contribution in [0.25, 0.3) is 5.69 Å². The Morgan fingerprint density at radius 2 is 2.35 bits per heavy atom. The number of rotatable bonds is 5. The fourth-order valence-corrected chi connectivity index (χ4v) is 2.13. The van der Waals surface area contributed by atoms with E-state index >= 15 is 0 Å². The standard InChI is InChI=1S/C14H16BrN3O2/c1-2-12(9-19)17-14(20)10-7-16-18(8-10)13-5-3-4-11(15)6-13/h3-8,12,19H,2,9H2,1H3,(H,17,20). The molecule has 0 aliphatic rings. The molecule has 0 radical (unpaired) electrons. The second-order valence-corrected chi connectivity index (χ2v) is 5.33. The Hall–Kier alpha value is -1.66. The van der Waals surface area contributed by atoms with Crippen molar-refractivity contribution >= 4 is 21.8 Å². The number of amides is 1. The van der Waals surface area contributed by atoms with Gasteiger partial charge in [-0.05, 0) is 24.6 Å². The summed E-state index contributed by atoms with van der Waals surface area (Å²) in [6, 6.07) is 7.42. The van der Waals surface area contributed by atoms with Gasteiger partial charge in [0.15, 0.2) is 0 Å². The summed E-state index contributed by atoms with van der Waals surface area (Å²) in [5.74, 6) is -0.229. The average Bonchev–Trinajstić information content (AvgIpc) is 2.94. The minimum absolute atomic E-state index is 0.0675. The molecular weight excluding hydrogens is 322 g/mol. The molecule has 0 aliphatic carbocycles. The van der Waals surface area contributed by atoms with E-state index in [-0.39, 0.29) is 18.6 Å². The SMILES string of the molecule is CCC(CO)NC(=O)c1cnn(-c2cccc(Br)c2)c1. The number of benzene rings is 1. The van der Waals surface area contributed by atoms with E-state index in [9.17, 15) is 4.79 Å². The largest absolute Gasteiger partial charge is 0.394 e. The van der Waals surface area contributed by atoms with Crippen LogP contribution in [0, 0.1) is 0 Å². The maximum atomic E-state index is 12.0. The third-order valence-electron chi connectivity index (χ3n) is 2.97. The van der Waals surface area contributed by atoms with Crippen LogP contribution >= 0.6 is 15.9 Å². The molecule has 0 fully saturated rings. The zero-order valence-corrected chi connectivity index (χ0v) is 12.7. The number of hydrogen-bond donors (Lipinski definition) is 2. The van der Waals surface area contributed by atoms with Gasteiger partial charge in [0.1, 0.15) is 0 Å². The number of carbonyl (C=O) groups excluding carboxylic acids is 1. The molecule has 5 nitrogen and oxygen atoms in total. The molecule has 0 aliphatic heterocycles. The zero-order chi connectivity index (χ0) is 14.5. The highest BCUT2D eigenvalue weighted by molar-refractivity contribution is 9.10. The summed E-state index contributed by atoms with van der Waals surface area (Å²) in [6.45, 7) is 1.84. The summed E-state index contributed by atoms with van der Waals surface area (Å²) in [5.41, 5.74) is 1.34. The van der Waals surface area contributed by atoms with Gasteiger partial charge in [-0.25, -0.2) is 4.68 Å². The van der Waals surface area contributed by atoms with E-state index in [1.807, 2.05) is 31.2 Å². The van der Waals surface area contributed by atoms with Crippen LogP contribution in [0.3, 0.4) is 0 Å². The highest BCUT2D eigenvalue weighted by Crippen LogP contribution is 2.15. The van der Waals surface area contributed by atoms with E-state index in [0.717, 1.165) is 10.2 Å². The number of carbonyl (C=O) groups is 1. The van der Waals surface area contributed by atoms with Crippen molar-refractivity contribution in [2.75, 3.05) is 6.61 Å². The molecule has 1 heterocycles. The molecule has 20 heavy (non-hydrogen) atoms. The van der Waals surface area contributed by atoms with Gasteiger partial charge in [0.05, 0.1) is 30.1 Å². The number of aliphatic hydroxyl groups excluding tert-OH is 1. The lowest BCUT2D eigenvalue weighted by Crippen LogP contribution is -2.36. The summed E-state index contributed by atoms with van der Waals surface area (Å²) in [6.07, 6.45) is 3.86. The van der Waals surface area contributed by atoms with Crippen molar-refractivity contribution in [3.63, 3.8) is 0 Å². The fraction of sp³-hybridized carbons (Fsp3) is 0.286. The molecule has 1 amide bonds. The topological polar surface area (TPSA) is 67.2 Å². The molecule has 6 heteroatoms. The third kappa shape index (κ3) is 3.46. The third-order valence-corrected chi connectivity index (χ3v) is 3.46. The Bertz CT molecular complexity index is 594. The lowest BCUT2D eigenvalue weighted by atomic mass is 10.2. The van der Waals surface area contributed by atoms with Crippen LogP contribution in [0.1, 0.15) is 23.7 Å². The van der Waals surface area contributed by atoms with Crippen molar-refractivity contribution in [1.29, 1.82) is 0 Å². The second kappa shape index (κ2) is 6.67. The van der Waals surface area contributed by atoms with E-state index in [0.29, 0.717) is 12.0 Å². The van der Waals surface area contributed by atoms with Crippen LogP contribution in [-0.4, -0.2) is 33.4 Å². The quantitative estimate of drug-likeness (QED) is 0.878. The average molecular weight is 338 g/mol. The minimum atomic E-state index is -0.229. The fourth-order valence-electron chi connectivity index (χ4n) is 1.75. The minimum Gasteiger partial charge on any atom is -0.394 e. The first-order chi connectivity index (χ1) is 9.63. The van der Waals surface area contributed by atoms with E-state index in [4.69, 9.17) is 5.11 Å². The summed E-state index contributed by atoms with van der Waals surface area (Å²) in [4.78, 5) is 12.0. The second-order valence-electron chi connectivity index (χ2n) is 4.41. The van der Waals surface area contributed by atoms with E-state index in [1.165, 1.54) is 6.20 Å². The molecule has 1 aromatic carbocycles. The molecule has 2 aromatic rings. The van der Waals surface area contributed by atoms with Crippen LogP contribution < -0.4 is 5.32 Å². The summed E-state index contributed by atoms with van der Waals surface area (Å²) in [5, 5.41) is 16.0. The molecule has 0 saturated carbocycles. The van der Waals surface area contributed by atoms with Crippen LogP contribution in [0.15, 0.2) is 41.1 Å². The normalized spacial score (nSPS) is 12.2. The molecule has 0 saturated heterocycles. The highest BCUT2D eigenvalue weighted by Gasteiger charge is 2.13. The Balaban J connectivity index is 2.14. The van der Waals surface area contributed by atoms with Gasteiger partial charge in [0.25, 0.3) is 5.91 Å². The maximum Gasteiger partial charge on any atom is 0.254 e. The first-order valence-electron chi connectivity index (χ1n) is 6.36. The van der Waals surface area contributed by atoms with Crippen molar-refractivity contribution in [3.8, 4) is 5.69 Å². The summed E-state index contributed by atoms with van der Waals surface area (Å²) < 4.78 is 2.59. The number of nitrogens with one attached hydrogen (secondary N) is 1. The highest BCUT2D eigenvalue weighted by atomic mass is 79.9.